The highest BCUT2D eigenvalue weighted by atomic mass is 32.1. The number of benzene rings is 2. The monoisotopic (exact) mass is 417 g/mol. The van der Waals surface area contributed by atoms with Gasteiger partial charge in [-0.2, -0.15) is 4.37 Å². The van der Waals surface area contributed by atoms with Crippen LogP contribution >= 0.6 is 11.5 Å². The van der Waals surface area contributed by atoms with Crippen molar-refractivity contribution < 1.29 is 4.79 Å². The van der Waals surface area contributed by atoms with E-state index in [4.69, 9.17) is 0 Å². The summed E-state index contributed by atoms with van der Waals surface area (Å²) in [5, 5.41) is 10.1. The molecule has 0 atom stereocenters. The molecule has 2 aromatic heterocycles. The summed E-state index contributed by atoms with van der Waals surface area (Å²) in [5.41, 5.74) is 0.535. The molecule has 4 aromatic rings. The van der Waals surface area contributed by atoms with E-state index >= 15 is 0 Å². The lowest BCUT2D eigenvalue weighted by molar-refractivity contribution is 0.0977. The maximum atomic E-state index is 12.5. The van der Waals surface area contributed by atoms with Gasteiger partial charge in [-0.25, -0.2) is 9.97 Å². The van der Waals surface area contributed by atoms with Gasteiger partial charge < -0.3 is 5.32 Å². The number of carbonyl (C=O) groups is 1. The molecule has 0 saturated carbocycles. The Bertz CT molecular complexity index is 1150. The summed E-state index contributed by atoms with van der Waals surface area (Å²) in [4.78, 5) is 25.2. The average molecular weight is 417 g/mol. The normalized spacial score (nSPS) is 11.3. The smallest absolute Gasteiger partial charge is 0.257 e. The molecular weight excluding hydrogens is 398 g/mol. The van der Waals surface area contributed by atoms with Gasteiger partial charge in [0.1, 0.15) is 5.82 Å². The molecule has 3 N–H and O–H groups in total. The second-order valence-electron chi connectivity index (χ2n) is 6.20. The minimum absolute atomic E-state index is 0.267. The highest BCUT2D eigenvalue weighted by molar-refractivity contribution is 7.13. The molecular formula is C21H19N7OS. The number of amides is 1. The molecule has 0 radical (unpaired) electrons. The first-order valence-corrected chi connectivity index (χ1v) is 10.1. The van der Waals surface area contributed by atoms with E-state index in [1.807, 2.05) is 42.5 Å². The number of carbonyl (C=O) groups excluding carboxylic acids is 1. The number of nitrogens with zero attached hydrogens (tertiary/aromatic N) is 4. The molecule has 0 saturated heterocycles. The van der Waals surface area contributed by atoms with Crippen LogP contribution in [0.2, 0.25) is 0 Å². The summed E-state index contributed by atoms with van der Waals surface area (Å²) in [5.74, 6) is 1.19. The molecule has 150 valence electrons. The van der Waals surface area contributed by atoms with Crippen molar-refractivity contribution in [2.24, 2.45) is 4.99 Å². The number of hydrogen-bond donors (Lipinski definition) is 3. The maximum Gasteiger partial charge on any atom is 0.257 e. The Morgan fingerprint density at radius 2 is 1.73 bits per heavy atom. The maximum absolute atomic E-state index is 12.5. The number of aromatic nitrogens is 3. The van der Waals surface area contributed by atoms with Crippen molar-refractivity contribution in [3.05, 3.63) is 78.6 Å². The minimum Gasteiger partial charge on any atom is -0.367 e. The van der Waals surface area contributed by atoms with E-state index in [1.165, 1.54) is 11.5 Å². The van der Waals surface area contributed by atoms with Gasteiger partial charge in [0.25, 0.3) is 5.91 Å². The fraction of sp³-hybridized carbons (Fsp3) is 0.0952. The van der Waals surface area contributed by atoms with Gasteiger partial charge in [-0.3, -0.25) is 20.4 Å². The van der Waals surface area contributed by atoms with Crippen LogP contribution < -0.4 is 16.0 Å². The van der Waals surface area contributed by atoms with Gasteiger partial charge in [0.2, 0.25) is 11.9 Å². The number of guanidine groups is 1. The van der Waals surface area contributed by atoms with Crippen molar-refractivity contribution in [3.63, 3.8) is 0 Å². The predicted octanol–water partition coefficient (Wildman–Crippen LogP) is 3.40. The molecule has 0 aliphatic carbocycles. The van der Waals surface area contributed by atoms with E-state index in [0.717, 1.165) is 15.9 Å². The Kier molecular flexibility index (Phi) is 6.21. The van der Waals surface area contributed by atoms with Gasteiger partial charge in [0, 0.05) is 29.9 Å². The van der Waals surface area contributed by atoms with E-state index in [9.17, 15) is 4.79 Å². The van der Waals surface area contributed by atoms with Crippen molar-refractivity contribution in [2.75, 3.05) is 23.7 Å². The van der Waals surface area contributed by atoms with E-state index in [1.54, 1.807) is 30.6 Å². The highest BCUT2D eigenvalue weighted by Crippen LogP contribution is 2.25. The molecule has 0 bridgehead atoms. The Labute approximate surface area is 177 Å². The average Bonchev–Trinajstić information content (AvgIpc) is 3.21. The summed E-state index contributed by atoms with van der Waals surface area (Å²) in [6.45, 7) is 0.964. The fourth-order valence-corrected chi connectivity index (χ4v) is 3.46. The molecule has 0 spiro atoms. The first kappa shape index (κ1) is 19.5. The van der Waals surface area contributed by atoms with Crippen LogP contribution in [0.5, 0.6) is 0 Å². The summed E-state index contributed by atoms with van der Waals surface area (Å²) in [6.07, 6.45) is 3.22. The van der Waals surface area contributed by atoms with Gasteiger partial charge in [-0.15, -0.1) is 0 Å². The molecule has 0 aliphatic rings. The Balaban J connectivity index is 1.42. The van der Waals surface area contributed by atoms with Gasteiger partial charge in [-0.1, -0.05) is 30.3 Å². The van der Waals surface area contributed by atoms with Crippen LogP contribution in [0.15, 0.2) is 78.0 Å². The SMILES string of the molecule is O=C(N/C(=N/CCNc1nsc2ccccc12)Nc1ncccn1)c1ccccc1. The lowest BCUT2D eigenvalue weighted by atomic mass is 10.2. The molecule has 4 rings (SSSR count). The minimum atomic E-state index is -0.267. The van der Waals surface area contributed by atoms with Crippen molar-refractivity contribution >= 4 is 45.3 Å². The zero-order chi connectivity index (χ0) is 20.6. The number of rotatable bonds is 6. The topological polar surface area (TPSA) is 104 Å². The Morgan fingerprint density at radius 1 is 0.967 bits per heavy atom. The largest absolute Gasteiger partial charge is 0.367 e. The Hall–Kier alpha value is -3.85. The second-order valence-corrected chi connectivity index (χ2v) is 7.01. The molecule has 2 aromatic carbocycles. The van der Waals surface area contributed by atoms with Gasteiger partial charge >= 0.3 is 0 Å². The van der Waals surface area contributed by atoms with E-state index in [0.29, 0.717) is 24.6 Å². The zero-order valence-corrected chi connectivity index (χ0v) is 16.8. The standard InChI is InChI=1S/C21H19N7OS/c29-19(15-7-2-1-3-8-15)26-21(27-20-23-11-6-12-24-20)25-14-13-22-18-16-9-4-5-10-17(16)30-28-18/h1-12H,13-14H2,(H,22,28)(H2,23,24,25,26,27,29). The van der Waals surface area contributed by atoms with E-state index in [-0.39, 0.29) is 11.9 Å². The molecule has 0 aliphatic heterocycles. The van der Waals surface area contributed by atoms with Crippen molar-refractivity contribution in [2.45, 2.75) is 0 Å². The molecule has 0 unspecified atom stereocenters. The predicted molar refractivity (Wildman–Crippen MR) is 120 cm³/mol. The number of fused-ring (bicyclic) bond motifs is 1. The van der Waals surface area contributed by atoms with Gasteiger partial charge in [0.05, 0.1) is 11.2 Å². The number of anilines is 2. The third-order valence-electron chi connectivity index (χ3n) is 4.12. The number of aliphatic imine (C=N–C) groups is 1. The number of hydrogen-bond acceptors (Lipinski definition) is 7. The van der Waals surface area contributed by atoms with Crippen molar-refractivity contribution in [1.29, 1.82) is 0 Å². The van der Waals surface area contributed by atoms with Crippen LogP contribution in [0.4, 0.5) is 11.8 Å². The second kappa shape index (κ2) is 9.57. The highest BCUT2D eigenvalue weighted by Gasteiger charge is 2.10. The van der Waals surface area contributed by atoms with E-state index < -0.39 is 0 Å². The third-order valence-corrected chi connectivity index (χ3v) is 4.94. The Morgan fingerprint density at radius 3 is 2.57 bits per heavy atom. The molecule has 2 heterocycles. The van der Waals surface area contributed by atoms with Crippen LogP contribution in [0, 0.1) is 0 Å². The summed E-state index contributed by atoms with van der Waals surface area (Å²) in [7, 11) is 0. The quantitative estimate of drug-likeness (QED) is 0.252. The number of nitrogens with one attached hydrogen (secondary N) is 3. The van der Waals surface area contributed by atoms with Crippen LogP contribution in [0.3, 0.4) is 0 Å². The first-order valence-electron chi connectivity index (χ1n) is 9.33. The fourth-order valence-electron chi connectivity index (χ4n) is 2.70. The van der Waals surface area contributed by atoms with E-state index in [2.05, 4.69) is 35.3 Å². The molecule has 8 nitrogen and oxygen atoms in total. The third kappa shape index (κ3) is 4.95. The molecule has 0 fully saturated rings. The first-order chi connectivity index (χ1) is 14.8. The van der Waals surface area contributed by atoms with Crippen LogP contribution in [-0.4, -0.2) is 39.3 Å². The van der Waals surface area contributed by atoms with Gasteiger partial charge in [-0.05, 0) is 41.9 Å². The molecule has 9 heteroatoms. The van der Waals surface area contributed by atoms with Crippen LogP contribution in [0.1, 0.15) is 10.4 Å². The summed E-state index contributed by atoms with van der Waals surface area (Å²) in [6, 6.07) is 18.7. The van der Waals surface area contributed by atoms with Crippen molar-refractivity contribution in [1.82, 2.24) is 19.7 Å². The molecule has 30 heavy (non-hydrogen) atoms. The molecule has 1 amide bonds. The lowest BCUT2D eigenvalue weighted by Crippen LogP contribution is -2.37. The van der Waals surface area contributed by atoms with Crippen LogP contribution in [-0.2, 0) is 0 Å². The van der Waals surface area contributed by atoms with Gasteiger partial charge in [0.15, 0.2) is 0 Å². The van der Waals surface area contributed by atoms with Crippen molar-refractivity contribution in [3.8, 4) is 0 Å². The zero-order valence-electron chi connectivity index (χ0n) is 15.9. The lowest BCUT2D eigenvalue weighted by Gasteiger charge is -2.10. The summed E-state index contributed by atoms with van der Waals surface area (Å²) >= 11 is 1.45. The van der Waals surface area contributed by atoms with Crippen LogP contribution in [0.25, 0.3) is 10.1 Å². The summed E-state index contributed by atoms with van der Waals surface area (Å²) < 4.78 is 5.57.